The summed E-state index contributed by atoms with van der Waals surface area (Å²) in [7, 11) is 4.07. The van der Waals surface area contributed by atoms with Gasteiger partial charge in [-0.2, -0.15) is 5.10 Å². The van der Waals surface area contributed by atoms with Gasteiger partial charge < -0.3 is 10.2 Å². The van der Waals surface area contributed by atoms with E-state index in [-0.39, 0.29) is 5.91 Å². The molecule has 128 valence electrons. The highest BCUT2D eigenvalue weighted by molar-refractivity contribution is 6.05. The minimum atomic E-state index is -0.106. The number of benzene rings is 1. The summed E-state index contributed by atoms with van der Waals surface area (Å²) >= 11 is 0. The number of fused-ring (bicyclic) bond motifs is 1. The van der Waals surface area contributed by atoms with Gasteiger partial charge in [0, 0.05) is 35.9 Å². The Hall–Kier alpha value is -2.73. The zero-order valence-electron chi connectivity index (χ0n) is 14.4. The fraction of sp³-hybridized carbons (Fsp3) is 0.316. The lowest BCUT2D eigenvalue weighted by Gasteiger charge is -2.10. The molecule has 1 aromatic carbocycles. The lowest BCUT2D eigenvalue weighted by atomic mass is 10.0. The van der Waals surface area contributed by atoms with Gasteiger partial charge >= 0.3 is 0 Å². The quantitative estimate of drug-likeness (QED) is 0.751. The van der Waals surface area contributed by atoms with Crippen LogP contribution in [0.1, 0.15) is 28.9 Å². The first-order valence-electron chi connectivity index (χ1n) is 8.48. The normalized spacial score (nSPS) is 14.2. The molecule has 0 unspecified atom stereocenters. The van der Waals surface area contributed by atoms with Crippen molar-refractivity contribution >= 4 is 16.8 Å². The molecule has 25 heavy (non-hydrogen) atoms. The summed E-state index contributed by atoms with van der Waals surface area (Å²) in [6.45, 7) is 0.837. The third-order valence-electron chi connectivity index (χ3n) is 4.32. The number of pyridine rings is 1. The summed E-state index contributed by atoms with van der Waals surface area (Å²) in [6, 6.07) is 8.45. The monoisotopic (exact) mass is 335 g/mol. The molecule has 2 N–H and O–H groups in total. The summed E-state index contributed by atoms with van der Waals surface area (Å²) in [5.74, 6) is -0.106. The van der Waals surface area contributed by atoms with Crippen LogP contribution in [0.3, 0.4) is 0 Å². The number of nitrogens with zero attached hydrogens (tertiary/aromatic N) is 3. The Morgan fingerprint density at radius 2 is 2.08 bits per heavy atom. The van der Waals surface area contributed by atoms with Gasteiger partial charge in [-0.3, -0.25) is 14.9 Å². The second-order valence-corrected chi connectivity index (χ2v) is 6.90. The van der Waals surface area contributed by atoms with Gasteiger partial charge in [-0.25, -0.2) is 0 Å². The van der Waals surface area contributed by atoms with E-state index in [1.165, 1.54) is 0 Å². The number of amides is 1. The summed E-state index contributed by atoms with van der Waals surface area (Å²) in [6.07, 6.45) is 5.85. The summed E-state index contributed by atoms with van der Waals surface area (Å²) in [4.78, 5) is 18.9. The van der Waals surface area contributed by atoms with Gasteiger partial charge in [0.1, 0.15) is 0 Å². The number of aromatic amines is 1. The zero-order chi connectivity index (χ0) is 17.4. The van der Waals surface area contributed by atoms with Crippen molar-refractivity contribution in [3.63, 3.8) is 0 Å². The first-order chi connectivity index (χ1) is 12.1. The predicted molar refractivity (Wildman–Crippen MR) is 97.2 cm³/mol. The second kappa shape index (κ2) is 6.29. The average Bonchev–Trinajstić information content (AvgIpc) is 3.29. The summed E-state index contributed by atoms with van der Waals surface area (Å²) in [5, 5.41) is 11.0. The zero-order valence-corrected chi connectivity index (χ0v) is 14.4. The molecule has 1 aliphatic rings. The van der Waals surface area contributed by atoms with E-state index < -0.39 is 0 Å². The van der Waals surface area contributed by atoms with Crippen molar-refractivity contribution in [2.24, 2.45) is 0 Å². The fourth-order valence-corrected chi connectivity index (χ4v) is 2.95. The molecule has 0 bridgehead atoms. The highest BCUT2D eigenvalue weighted by atomic mass is 16.2. The van der Waals surface area contributed by atoms with E-state index >= 15 is 0 Å². The minimum Gasteiger partial charge on any atom is -0.348 e. The predicted octanol–water partition coefficient (Wildman–Crippen LogP) is 2.58. The molecule has 1 fully saturated rings. The Morgan fingerprint density at radius 1 is 1.24 bits per heavy atom. The van der Waals surface area contributed by atoms with Crippen molar-refractivity contribution in [1.29, 1.82) is 0 Å². The molecule has 2 heterocycles. The van der Waals surface area contributed by atoms with Crippen molar-refractivity contribution in [2.45, 2.75) is 25.4 Å². The molecule has 0 atom stereocenters. The van der Waals surface area contributed by atoms with Crippen LogP contribution in [0, 0.1) is 0 Å². The van der Waals surface area contributed by atoms with E-state index in [0.717, 1.165) is 47.0 Å². The van der Waals surface area contributed by atoms with Crippen LogP contribution in [0.4, 0.5) is 0 Å². The third kappa shape index (κ3) is 3.39. The lowest BCUT2D eigenvalue weighted by Crippen LogP contribution is -2.25. The van der Waals surface area contributed by atoms with E-state index in [1.807, 2.05) is 44.7 Å². The van der Waals surface area contributed by atoms with Crippen molar-refractivity contribution in [2.75, 3.05) is 14.1 Å². The van der Waals surface area contributed by atoms with Crippen LogP contribution in [0.2, 0.25) is 0 Å². The molecule has 0 aliphatic heterocycles. The number of carbonyl (C=O) groups is 1. The largest absolute Gasteiger partial charge is 0.348 e. The van der Waals surface area contributed by atoms with Gasteiger partial charge in [0.05, 0.1) is 5.52 Å². The van der Waals surface area contributed by atoms with Crippen LogP contribution in [0.5, 0.6) is 0 Å². The molecule has 2 aromatic heterocycles. The average molecular weight is 335 g/mol. The van der Waals surface area contributed by atoms with Crippen LogP contribution >= 0.6 is 0 Å². The number of hydrogen-bond donors (Lipinski definition) is 2. The molecule has 1 amide bonds. The molecule has 1 saturated carbocycles. The maximum atomic E-state index is 12.4. The number of nitrogens with one attached hydrogen (secondary N) is 2. The van der Waals surface area contributed by atoms with Gasteiger partial charge in [0.25, 0.3) is 5.91 Å². The smallest absolute Gasteiger partial charge is 0.272 e. The Kier molecular flexibility index (Phi) is 3.97. The number of carbonyl (C=O) groups excluding carboxylic acids is 1. The van der Waals surface area contributed by atoms with Gasteiger partial charge in [0.15, 0.2) is 5.69 Å². The Labute approximate surface area is 146 Å². The topological polar surface area (TPSA) is 73.9 Å². The Morgan fingerprint density at radius 3 is 2.84 bits per heavy atom. The fourth-order valence-electron chi connectivity index (χ4n) is 2.95. The van der Waals surface area contributed by atoms with Crippen molar-refractivity contribution in [3.8, 4) is 11.1 Å². The highest BCUT2D eigenvalue weighted by Crippen LogP contribution is 2.26. The minimum absolute atomic E-state index is 0.106. The number of aromatic nitrogens is 3. The maximum Gasteiger partial charge on any atom is 0.272 e. The Balaban J connectivity index is 1.69. The van der Waals surface area contributed by atoms with E-state index in [2.05, 4.69) is 31.5 Å². The molecule has 6 heteroatoms. The van der Waals surface area contributed by atoms with Crippen molar-refractivity contribution in [1.82, 2.24) is 25.4 Å². The van der Waals surface area contributed by atoms with Crippen LogP contribution in [0.25, 0.3) is 22.0 Å². The number of hydrogen-bond acceptors (Lipinski definition) is 4. The SMILES string of the molecule is CN(C)Cc1cncc(-c2ccc3[nH]nc(C(=O)NC4CC4)c3c2)c1. The summed E-state index contributed by atoms with van der Waals surface area (Å²) in [5.41, 5.74) is 4.54. The van der Waals surface area contributed by atoms with Gasteiger partial charge in [-0.05, 0) is 56.3 Å². The van der Waals surface area contributed by atoms with E-state index in [9.17, 15) is 4.79 Å². The van der Waals surface area contributed by atoms with Crippen LogP contribution in [-0.2, 0) is 6.54 Å². The molecular weight excluding hydrogens is 314 g/mol. The third-order valence-corrected chi connectivity index (χ3v) is 4.32. The summed E-state index contributed by atoms with van der Waals surface area (Å²) < 4.78 is 0. The van der Waals surface area contributed by atoms with Gasteiger partial charge in [-0.15, -0.1) is 0 Å². The van der Waals surface area contributed by atoms with E-state index in [1.54, 1.807) is 0 Å². The maximum absolute atomic E-state index is 12.4. The van der Waals surface area contributed by atoms with Gasteiger partial charge in [-0.1, -0.05) is 6.07 Å². The number of H-pyrrole nitrogens is 1. The first kappa shape index (κ1) is 15.8. The molecule has 0 saturated heterocycles. The first-order valence-corrected chi connectivity index (χ1v) is 8.48. The highest BCUT2D eigenvalue weighted by Gasteiger charge is 2.25. The lowest BCUT2D eigenvalue weighted by molar-refractivity contribution is 0.0947. The standard InChI is InChI=1S/C19H21N5O/c1-24(2)11-12-7-14(10-20-9-12)13-3-6-17-16(8-13)18(23-22-17)19(25)21-15-4-5-15/h3,6-10,15H,4-5,11H2,1-2H3,(H,21,25)(H,22,23). The van der Waals surface area contributed by atoms with Crippen molar-refractivity contribution < 1.29 is 4.79 Å². The second-order valence-electron chi connectivity index (χ2n) is 6.90. The molecule has 6 nitrogen and oxygen atoms in total. The molecule has 0 radical (unpaired) electrons. The molecule has 4 rings (SSSR count). The van der Waals surface area contributed by atoms with Crippen molar-refractivity contribution in [3.05, 3.63) is 47.9 Å². The van der Waals surface area contributed by atoms with Crippen LogP contribution < -0.4 is 5.32 Å². The van der Waals surface area contributed by atoms with E-state index in [4.69, 9.17) is 0 Å². The molecule has 0 spiro atoms. The van der Waals surface area contributed by atoms with Gasteiger partial charge in [0.2, 0.25) is 0 Å². The van der Waals surface area contributed by atoms with Crippen LogP contribution in [-0.4, -0.2) is 46.1 Å². The van der Waals surface area contributed by atoms with Crippen LogP contribution in [0.15, 0.2) is 36.7 Å². The molecule has 3 aromatic rings. The van der Waals surface area contributed by atoms with E-state index in [0.29, 0.717) is 11.7 Å². The number of rotatable bonds is 5. The Bertz CT molecular complexity index is 926. The molecule has 1 aliphatic carbocycles. The molecular formula is C19H21N5O.